The van der Waals surface area contributed by atoms with E-state index in [-0.39, 0.29) is 11.8 Å². The van der Waals surface area contributed by atoms with Gasteiger partial charge in [0.1, 0.15) is 6.10 Å². The molecule has 0 bridgehead atoms. The third-order valence-corrected chi connectivity index (χ3v) is 5.00. The number of nitro groups is 1. The Bertz CT molecular complexity index is 764. The highest BCUT2D eigenvalue weighted by Gasteiger charge is 2.33. The van der Waals surface area contributed by atoms with Gasteiger partial charge < -0.3 is 15.4 Å². The molecule has 1 aliphatic carbocycles. The summed E-state index contributed by atoms with van der Waals surface area (Å²) in [6.07, 6.45) is 5.96. The summed E-state index contributed by atoms with van der Waals surface area (Å²) in [5.41, 5.74) is 1.29. The van der Waals surface area contributed by atoms with Gasteiger partial charge in [-0.2, -0.15) is 0 Å². The zero-order valence-electron chi connectivity index (χ0n) is 15.2. The Kier molecular flexibility index (Phi) is 5.73. The maximum absolute atomic E-state index is 12.9. The maximum atomic E-state index is 12.9. The van der Waals surface area contributed by atoms with Crippen molar-refractivity contribution < 1.29 is 19.2 Å². The fourth-order valence-corrected chi connectivity index (χ4v) is 3.58. The molecule has 0 aromatic heterocycles. The van der Waals surface area contributed by atoms with Crippen molar-refractivity contribution in [3.63, 3.8) is 0 Å². The Labute approximate surface area is 157 Å². The molecule has 1 aromatic carbocycles. The first-order chi connectivity index (χ1) is 13.0. The average Bonchev–Trinajstić information content (AvgIpc) is 2.89. The first kappa shape index (κ1) is 18.9. The molecule has 1 aromatic rings. The number of hydrogen-bond acceptors (Lipinski definition) is 5. The minimum absolute atomic E-state index is 0.0534. The average molecular weight is 373 g/mol. The number of rotatable bonds is 4. The second kappa shape index (κ2) is 8.20. The van der Waals surface area contributed by atoms with Gasteiger partial charge >= 0.3 is 12.0 Å². The van der Waals surface area contributed by atoms with Gasteiger partial charge in [0.15, 0.2) is 0 Å². The van der Waals surface area contributed by atoms with E-state index in [9.17, 15) is 19.7 Å². The molecular formula is C19H23N3O5. The molecule has 1 fully saturated rings. The third kappa shape index (κ3) is 4.45. The molecule has 1 aliphatic heterocycles. The second-order valence-corrected chi connectivity index (χ2v) is 6.94. The van der Waals surface area contributed by atoms with Gasteiger partial charge in [-0.05, 0) is 50.3 Å². The van der Waals surface area contributed by atoms with E-state index in [1.807, 2.05) is 0 Å². The molecule has 0 radical (unpaired) electrons. The molecule has 8 heteroatoms. The lowest BCUT2D eigenvalue weighted by Crippen LogP contribution is -2.45. The van der Waals surface area contributed by atoms with E-state index in [1.165, 1.54) is 12.1 Å². The van der Waals surface area contributed by atoms with Crippen LogP contribution in [0.1, 0.15) is 57.1 Å². The highest BCUT2D eigenvalue weighted by Crippen LogP contribution is 2.30. The molecule has 1 atom stereocenters. The van der Waals surface area contributed by atoms with Crippen molar-refractivity contribution >= 4 is 17.7 Å². The quantitative estimate of drug-likeness (QED) is 0.363. The SMILES string of the molecule is CC1=C(C(=O)OC2CCCCCC2)[C@H](c2ccc([N+](=O)[O-])cc2)NC(=O)N1. The van der Waals surface area contributed by atoms with E-state index in [0.29, 0.717) is 16.8 Å². The predicted octanol–water partition coefficient (Wildman–Crippen LogP) is 3.49. The summed E-state index contributed by atoms with van der Waals surface area (Å²) in [5, 5.41) is 16.2. The summed E-state index contributed by atoms with van der Waals surface area (Å²) < 4.78 is 5.73. The van der Waals surface area contributed by atoms with Crippen molar-refractivity contribution in [2.75, 3.05) is 0 Å². The molecule has 27 heavy (non-hydrogen) atoms. The summed E-state index contributed by atoms with van der Waals surface area (Å²) >= 11 is 0. The molecule has 0 unspecified atom stereocenters. The molecular weight excluding hydrogens is 350 g/mol. The molecule has 1 saturated carbocycles. The van der Waals surface area contributed by atoms with E-state index in [1.54, 1.807) is 19.1 Å². The van der Waals surface area contributed by atoms with Crippen LogP contribution in [0.25, 0.3) is 0 Å². The summed E-state index contributed by atoms with van der Waals surface area (Å²) in [6.45, 7) is 1.65. The number of esters is 1. The fourth-order valence-electron chi connectivity index (χ4n) is 3.58. The lowest BCUT2D eigenvalue weighted by molar-refractivity contribution is -0.384. The lowest BCUT2D eigenvalue weighted by Gasteiger charge is -2.29. The molecule has 2 amide bonds. The highest BCUT2D eigenvalue weighted by atomic mass is 16.6. The van der Waals surface area contributed by atoms with Gasteiger partial charge in [0.2, 0.25) is 0 Å². The number of non-ortho nitro benzene ring substituents is 1. The molecule has 3 rings (SSSR count). The van der Waals surface area contributed by atoms with Crippen molar-refractivity contribution in [2.24, 2.45) is 0 Å². The summed E-state index contributed by atoms with van der Waals surface area (Å²) in [6, 6.07) is 4.65. The summed E-state index contributed by atoms with van der Waals surface area (Å²) in [7, 11) is 0. The minimum Gasteiger partial charge on any atom is -0.459 e. The van der Waals surface area contributed by atoms with Gasteiger partial charge in [0, 0.05) is 17.8 Å². The van der Waals surface area contributed by atoms with Crippen molar-refractivity contribution in [1.82, 2.24) is 10.6 Å². The number of urea groups is 1. The molecule has 0 saturated heterocycles. The van der Waals surface area contributed by atoms with E-state index in [0.717, 1.165) is 38.5 Å². The van der Waals surface area contributed by atoms with Crippen molar-refractivity contribution in [3.8, 4) is 0 Å². The predicted molar refractivity (Wildman–Crippen MR) is 97.8 cm³/mol. The zero-order chi connectivity index (χ0) is 19.4. The normalized spacial score (nSPS) is 21.1. The van der Waals surface area contributed by atoms with Crippen molar-refractivity contribution in [2.45, 2.75) is 57.6 Å². The molecule has 144 valence electrons. The van der Waals surface area contributed by atoms with Gasteiger partial charge in [0.25, 0.3) is 5.69 Å². The fraction of sp³-hybridized carbons (Fsp3) is 0.474. The molecule has 2 N–H and O–H groups in total. The van der Waals surface area contributed by atoms with Gasteiger partial charge in [-0.25, -0.2) is 9.59 Å². The summed E-state index contributed by atoms with van der Waals surface area (Å²) in [5.74, 6) is -0.463. The van der Waals surface area contributed by atoms with Crippen LogP contribution < -0.4 is 10.6 Å². The summed E-state index contributed by atoms with van der Waals surface area (Å²) in [4.78, 5) is 35.2. The van der Waals surface area contributed by atoms with Crippen LogP contribution in [-0.2, 0) is 9.53 Å². The number of allylic oxidation sites excluding steroid dienone is 1. The number of nitrogens with zero attached hydrogens (tertiary/aromatic N) is 1. The number of hydrogen-bond donors (Lipinski definition) is 2. The van der Waals surface area contributed by atoms with Crippen LogP contribution in [0.5, 0.6) is 0 Å². The monoisotopic (exact) mass is 373 g/mol. The van der Waals surface area contributed by atoms with Crippen LogP contribution in [0, 0.1) is 10.1 Å². The zero-order valence-corrected chi connectivity index (χ0v) is 15.2. The highest BCUT2D eigenvalue weighted by molar-refractivity contribution is 5.95. The number of ether oxygens (including phenoxy) is 1. The van der Waals surface area contributed by atoms with Gasteiger partial charge in [-0.15, -0.1) is 0 Å². The standard InChI is InChI=1S/C19H23N3O5/c1-12-16(18(23)27-15-6-4-2-3-5-7-15)17(21-19(24)20-12)13-8-10-14(11-9-13)22(25)26/h8-11,15,17H,2-7H2,1H3,(H2,20,21,24)/t17-/m0/s1. The minimum atomic E-state index is -0.710. The Hall–Kier alpha value is -2.90. The van der Waals surface area contributed by atoms with Crippen LogP contribution in [0.15, 0.2) is 35.5 Å². The van der Waals surface area contributed by atoms with Crippen LogP contribution in [0.4, 0.5) is 10.5 Å². The molecule has 1 heterocycles. The Balaban J connectivity index is 1.84. The third-order valence-electron chi connectivity index (χ3n) is 5.00. The maximum Gasteiger partial charge on any atom is 0.338 e. The first-order valence-electron chi connectivity index (χ1n) is 9.19. The Morgan fingerprint density at radius 2 is 1.78 bits per heavy atom. The number of amides is 2. The number of benzene rings is 1. The van der Waals surface area contributed by atoms with Crippen LogP contribution in [0.3, 0.4) is 0 Å². The van der Waals surface area contributed by atoms with E-state index < -0.39 is 23.0 Å². The number of nitrogens with one attached hydrogen (secondary N) is 2. The van der Waals surface area contributed by atoms with Crippen molar-refractivity contribution in [1.29, 1.82) is 0 Å². The second-order valence-electron chi connectivity index (χ2n) is 6.94. The van der Waals surface area contributed by atoms with Crippen LogP contribution >= 0.6 is 0 Å². The number of nitro benzene ring substituents is 1. The number of carbonyl (C=O) groups excluding carboxylic acids is 2. The van der Waals surface area contributed by atoms with E-state index in [2.05, 4.69) is 10.6 Å². The topological polar surface area (TPSA) is 111 Å². The smallest absolute Gasteiger partial charge is 0.338 e. The van der Waals surface area contributed by atoms with Gasteiger partial charge in [0.05, 0.1) is 16.5 Å². The Morgan fingerprint density at radius 3 is 2.37 bits per heavy atom. The Morgan fingerprint density at radius 1 is 1.15 bits per heavy atom. The first-order valence-corrected chi connectivity index (χ1v) is 9.19. The number of carbonyl (C=O) groups is 2. The van der Waals surface area contributed by atoms with Crippen molar-refractivity contribution in [3.05, 3.63) is 51.2 Å². The lowest BCUT2D eigenvalue weighted by atomic mass is 9.95. The largest absolute Gasteiger partial charge is 0.459 e. The molecule has 0 spiro atoms. The molecule has 8 nitrogen and oxygen atoms in total. The van der Waals surface area contributed by atoms with Gasteiger partial charge in [-0.3, -0.25) is 10.1 Å². The van der Waals surface area contributed by atoms with E-state index >= 15 is 0 Å². The van der Waals surface area contributed by atoms with Crippen LogP contribution in [0.2, 0.25) is 0 Å². The molecule has 2 aliphatic rings. The van der Waals surface area contributed by atoms with Crippen LogP contribution in [-0.4, -0.2) is 23.0 Å². The van der Waals surface area contributed by atoms with Gasteiger partial charge in [-0.1, -0.05) is 12.8 Å². The van der Waals surface area contributed by atoms with E-state index in [4.69, 9.17) is 4.74 Å².